The van der Waals surface area contributed by atoms with Gasteiger partial charge < -0.3 is 10.1 Å². The third kappa shape index (κ3) is 4.31. The molecule has 10 heteroatoms. The van der Waals surface area contributed by atoms with Gasteiger partial charge in [-0.25, -0.2) is 8.42 Å². The Morgan fingerprint density at radius 1 is 1.37 bits per heavy atom. The number of amides is 1. The predicted octanol–water partition coefficient (Wildman–Crippen LogP) is 0.575. The molecule has 1 aliphatic rings. The highest BCUT2D eigenvalue weighted by molar-refractivity contribution is 7.89. The second-order valence-corrected chi connectivity index (χ2v) is 9.07. The number of nitriles is 1. The normalized spacial score (nSPS) is 18.1. The summed E-state index contributed by atoms with van der Waals surface area (Å²) in [4.78, 5) is 12.5. The van der Waals surface area contributed by atoms with Gasteiger partial charge in [0.05, 0.1) is 30.7 Å². The Labute approximate surface area is 160 Å². The molecule has 2 rings (SSSR count). The van der Waals surface area contributed by atoms with Crippen LogP contribution in [0.4, 0.5) is 0 Å². The first kappa shape index (κ1) is 21.3. The van der Waals surface area contributed by atoms with Crippen LogP contribution in [0, 0.1) is 31.1 Å². The quantitative estimate of drug-likeness (QED) is 0.750. The fourth-order valence-corrected chi connectivity index (χ4v) is 4.67. The van der Waals surface area contributed by atoms with Gasteiger partial charge in [-0.15, -0.1) is 0 Å². The lowest BCUT2D eigenvalue weighted by Crippen LogP contribution is -2.50. The third-order valence-corrected chi connectivity index (χ3v) is 7.11. The second kappa shape index (κ2) is 7.96. The van der Waals surface area contributed by atoms with Gasteiger partial charge in [-0.1, -0.05) is 13.8 Å². The number of carbonyl (C=O) groups is 1. The van der Waals surface area contributed by atoms with Crippen molar-refractivity contribution in [1.29, 1.82) is 5.26 Å². The molecule has 1 aromatic rings. The summed E-state index contributed by atoms with van der Waals surface area (Å²) in [5.74, 6) is -0.474. The molecule has 1 N–H and O–H groups in total. The van der Waals surface area contributed by atoms with Crippen LogP contribution in [0.5, 0.6) is 0 Å². The molecule has 0 radical (unpaired) electrons. The van der Waals surface area contributed by atoms with Crippen molar-refractivity contribution in [3.8, 4) is 6.07 Å². The van der Waals surface area contributed by atoms with Crippen molar-refractivity contribution in [2.75, 3.05) is 26.3 Å². The van der Waals surface area contributed by atoms with Crippen LogP contribution in [0.1, 0.15) is 32.2 Å². The van der Waals surface area contributed by atoms with Gasteiger partial charge in [0.15, 0.2) is 0 Å². The van der Waals surface area contributed by atoms with Crippen molar-refractivity contribution in [1.82, 2.24) is 19.4 Å². The van der Waals surface area contributed by atoms with Crippen molar-refractivity contribution in [2.24, 2.45) is 5.92 Å². The van der Waals surface area contributed by atoms with Gasteiger partial charge in [-0.3, -0.25) is 9.48 Å². The van der Waals surface area contributed by atoms with Crippen molar-refractivity contribution in [3.05, 3.63) is 11.4 Å². The summed E-state index contributed by atoms with van der Waals surface area (Å²) < 4.78 is 33.9. The Balaban J connectivity index is 2.25. The average molecular weight is 398 g/mol. The highest BCUT2D eigenvalue weighted by atomic mass is 32.2. The van der Waals surface area contributed by atoms with Gasteiger partial charge in [-0.05, 0) is 26.7 Å². The summed E-state index contributed by atoms with van der Waals surface area (Å²) >= 11 is 0. The van der Waals surface area contributed by atoms with E-state index in [2.05, 4.69) is 16.5 Å². The molecule has 1 amide bonds. The van der Waals surface area contributed by atoms with Gasteiger partial charge in [0.25, 0.3) is 0 Å². The SMILES string of the molecule is Cc1nn(CC(=O)N[C@](C)(C#N)C(C)C)c(C)c1S(=O)(=O)N1CCOCC1. The van der Waals surface area contributed by atoms with Gasteiger partial charge in [0, 0.05) is 13.1 Å². The fraction of sp³-hybridized carbons (Fsp3) is 0.706. The number of hydrogen-bond donors (Lipinski definition) is 1. The summed E-state index contributed by atoms with van der Waals surface area (Å²) in [5, 5.41) is 16.3. The van der Waals surface area contributed by atoms with Gasteiger partial charge in [-0.2, -0.15) is 14.7 Å². The zero-order valence-corrected chi connectivity index (χ0v) is 17.3. The van der Waals surface area contributed by atoms with Crippen molar-refractivity contribution in [2.45, 2.75) is 51.6 Å². The van der Waals surface area contributed by atoms with E-state index >= 15 is 0 Å². The number of hydrogen-bond acceptors (Lipinski definition) is 6. The van der Waals surface area contributed by atoms with Crippen molar-refractivity contribution < 1.29 is 17.9 Å². The maximum atomic E-state index is 13.0. The molecule has 1 saturated heterocycles. The number of aromatic nitrogens is 2. The largest absolute Gasteiger partial charge is 0.379 e. The van der Waals surface area contributed by atoms with Crippen LogP contribution >= 0.6 is 0 Å². The van der Waals surface area contributed by atoms with Crippen LogP contribution in [-0.2, 0) is 26.1 Å². The molecule has 9 nitrogen and oxygen atoms in total. The molecule has 1 aliphatic heterocycles. The monoisotopic (exact) mass is 397 g/mol. The molecule has 1 atom stereocenters. The number of nitrogens with zero attached hydrogens (tertiary/aromatic N) is 4. The highest BCUT2D eigenvalue weighted by Crippen LogP contribution is 2.24. The summed E-state index contributed by atoms with van der Waals surface area (Å²) in [6.45, 7) is 9.74. The number of aryl methyl sites for hydroxylation is 1. The van der Waals surface area contributed by atoms with Crippen molar-refractivity contribution >= 4 is 15.9 Å². The standard InChI is InChI=1S/C17H27N5O4S/c1-12(2)17(5,11-18)19-15(23)10-22-14(4)16(13(3)20-22)27(24,25)21-6-8-26-9-7-21/h12H,6-10H2,1-5H3,(H,19,23)/t17-/m1/s1. The van der Waals surface area contributed by atoms with Crippen LogP contribution in [-0.4, -0.2) is 60.3 Å². The summed E-state index contributed by atoms with van der Waals surface area (Å²) in [5.41, 5.74) is -0.258. The molecular formula is C17H27N5O4S. The van der Waals surface area contributed by atoms with E-state index in [-0.39, 0.29) is 17.4 Å². The van der Waals surface area contributed by atoms with Crippen LogP contribution in [0.2, 0.25) is 0 Å². The van der Waals surface area contributed by atoms with Crippen LogP contribution in [0.15, 0.2) is 4.90 Å². The Morgan fingerprint density at radius 3 is 2.48 bits per heavy atom. The van der Waals surface area contributed by atoms with E-state index < -0.39 is 21.5 Å². The molecule has 0 aromatic carbocycles. The lowest BCUT2D eigenvalue weighted by molar-refractivity contribution is -0.123. The van der Waals surface area contributed by atoms with Crippen LogP contribution in [0.3, 0.4) is 0 Å². The molecule has 0 saturated carbocycles. The number of nitrogens with one attached hydrogen (secondary N) is 1. The maximum Gasteiger partial charge on any atom is 0.246 e. The minimum absolute atomic E-state index is 0.0795. The minimum Gasteiger partial charge on any atom is -0.379 e. The molecule has 0 bridgehead atoms. The first-order valence-corrected chi connectivity index (χ1v) is 10.3. The van der Waals surface area contributed by atoms with E-state index in [0.29, 0.717) is 37.7 Å². The van der Waals surface area contributed by atoms with Crippen LogP contribution < -0.4 is 5.32 Å². The third-order valence-electron chi connectivity index (χ3n) is 4.96. The molecule has 0 aliphatic carbocycles. The maximum absolute atomic E-state index is 13.0. The minimum atomic E-state index is -3.71. The van der Waals surface area contributed by atoms with Gasteiger partial charge in [0.2, 0.25) is 15.9 Å². The summed E-state index contributed by atoms with van der Waals surface area (Å²) in [6.07, 6.45) is 0. The van der Waals surface area contributed by atoms with Crippen LogP contribution in [0.25, 0.3) is 0 Å². The van der Waals surface area contributed by atoms with E-state index in [0.717, 1.165) is 0 Å². The molecule has 150 valence electrons. The molecule has 1 fully saturated rings. The molecule has 27 heavy (non-hydrogen) atoms. The van der Waals surface area contributed by atoms with Gasteiger partial charge >= 0.3 is 0 Å². The molecule has 2 heterocycles. The topological polar surface area (TPSA) is 117 Å². The Morgan fingerprint density at radius 2 is 1.96 bits per heavy atom. The average Bonchev–Trinajstić information content (AvgIpc) is 2.89. The Kier molecular flexibility index (Phi) is 6.29. The number of rotatable bonds is 6. The highest BCUT2D eigenvalue weighted by Gasteiger charge is 2.33. The summed E-state index contributed by atoms with van der Waals surface area (Å²) in [7, 11) is -3.71. The second-order valence-electron chi connectivity index (χ2n) is 7.19. The number of ether oxygens (including phenoxy) is 1. The first-order valence-electron chi connectivity index (χ1n) is 8.87. The Hall–Kier alpha value is -1.96. The Bertz CT molecular complexity index is 849. The van der Waals surface area contributed by atoms with E-state index in [4.69, 9.17) is 4.74 Å². The number of morpholine rings is 1. The zero-order chi connectivity index (χ0) is 20.4. The van der Waals surface area contributed by atoms with Gasteiger partial charge in [0.1, 0.15) is 17.0 Å². The fourth-order valence-electron chi connectivity index (χ4n) is 2.89. The van der Waals surface area contributed by atoms with E-state index in [1.807, 2.05) is 13.8 Å². The predicted molar refractivity (Wildman–Crippen MR) is 98.3 cm³/mol. The number of carbonyl (C=O) groups excluding carboxylic acids is 1. The molecule has 0 spiro atoms. The van der Waals surface area contributed by atoms with Crippen molar-refractivity contribution in [3.63, 3.8) is 0 Å². The van der Waals surface area contributed by atoms with E-state index in [9.17, 15) is 18.5 Å². The number of sulfonamides is 1. The van der Waals surface area contributed by atoms with E-state index in [1.54, 1.807) is 20.8 Å². The zero-order valence-electron chi connectivity index (χ0n) is 16.4. The molecule has 0 unspecified atom stereocenters. The molecule has 1 aromatic heterocycles. The van der Waals surface area contributed by atoms with E-state index in [1.165, 1.54) is 8.99 Å². The molecular weight excluding hydrogens is 370 g/mol. The summed E-state index contributed by atoms with van der Waals surface area (Å²) in [6, 6.07) is 2.12. The lowest BCUT2D eigenvalue weighted by atomic mass is 9.90. The lowest BCUT2D eigenvalue weighted by Gasteiger charge is -2.27. The first-order chi connectivity index (χ1) is 12.5. The smallest absolute Gasteiger partial charge is 0.246 e.